The predicted octanol–water partition coefficient (Wildman–Crippen LogP) is 5.63. The Bertz CT molecular complexity index is 1020. The summed E-state index contributed by atoms with van der Waals surface area (Å²) in [6.07, 6.45) is 3.81. The maximum Gasteiger partial charge on any atom is 0.311 e. The van der Waals surface area contributed by atoms with Gasteiger partial charge in [-0.05, 0) is 35.3 Å². The molecule has 1 amide bonds. The van der Waals surface area contributed by atoms with Crippen LogP contribution in [-0.2, 0) is 17.9 Å². The molecule has 0 unspecified atom stereocenters. The minimum absolute atomic E-state index is 0.113. The van der Waals surface area contributed by atoms with Gasteiger partial charge < -0.3 is 9.64 Å². The fourth-order valence-corrected chi connectivity index (χ4v) is 3.21. The number of hydrogen-bond donors (Lipinski definition) is 0. The molecule has 0 aliphatic carbocycles. The molecular formula is C26H26N2O4. The van der Waals surface area contributed by atoms with E-state index >= 15 is 0 Å². The van der Waals surface area contributed by atoms with Gasteiger partial charge in [-0.2, -0.15) is 0 Å². The van der Waals surface area contributed by atoms with Crippen molar-refractivity contribution in [3.63, 3.8) is 0 Å². The first-order valence-electron chi connectivity index (χ1n) is 10.5. The van der Waals surface area contributed by atoms with Crippen molar-refractivity contribution < 1.29 is 14.5 Å². The van der Waals surface area contributed by atoms with Crippen molar-refractivity contribution in [2.24, 2.45) is 0 Å². The van der Waals surface area contributed by atoms with Gasteiger partial charge in [-0.3, -0.25) is 14.9 Å². The second-order valence-corrected chi connectivity index (χ2v) is 7.33. The SMILES string of the molecule is CCCOc1ccc(/C=C/C(=O)N(Cc2ccccc2)Cc2ccccc2)cc1[N+](=O)[O-]. The highest BCUT2D eigenvalue weighted by atomic mass is 16.6. The molecule has 0 fully saturated rings. The molecule has 0 saturated carbocycles. The molecule has 6 heteroatoms. The average molecular weight is 431 g/mol. The van der Waals surface area contributed by atoms with Crippen molar-refractivity contribution >= 4 is 17.7 Å². The first kappa shape index (κ1) is 22.7. The van der Waals surface area contributed by atoms with Crippen molar-refractivity contribution in [1.82, 2.24) is 4.90 Å². The molecule has 3 aromatic carbocycles. The van der Waals surface area contributed by atoms with Gasteiger partial charge in [-0.25, -0.2) is 0 Å². The van der Waals surface area contributed by atoms with Crippen LogP contribution in [-0.4, -0.2) is 22.3 Å². The molecule has 164 valence electrons. The molecule has 0 N–H and O–H groups in total. The maximum absolute atomic E-state index is 13.0. The number of benzene rings is 3. The lowest BCUT2D eigenvalue weighted by atomic mass is 10.1. The van der Waals surface area contributed by atoms with Gasteiger partial charge in [0.1, 0.15) is 0 Å². The summed E-state index contributed by atoms with van der Waals surface area (Å²) < 4.78 is 5.46. The molecule has 3 rings (SSSR count). The number of nitro benzene ring substituents is 1. The summed E-state index contributed by atoms with van der Waals surface area (Å²) in [5, 5.41) is 11.4. The summed E-state index contributed by atoms with van der Waals surface area (Å²) >= 11 is 0. The van der Waals surface area contributed by atoms with Crippen molar-refractivity contribution in [3.8, 4) is 5.75 Å². The standard InChI is InChI=1S/C26H26N2O4/c1-2-17-32-25-15-13-21(18-24(25)28(30)31)14-16-26(29)27(19-22-9-5-3-6-10-22)20-23-11-7-4-8-12-23/h3-16,18H,2,17,19-20H2,1H3/b16-14+. The highest BCUT2D eigenvalue weighted by molar-refractivity contribution is 5.91. The largest absolute Gasteiger partial charge is 0.487 e. The summed E-state index contributed by atoms with van der Waals surface area (Å²) in [5.74, 6) is 0.0572. The number of amides is 1. The number of hydrogen-bond acceptors (Lipinski definition) is 4. The van der Waals surface area contributed by atoms with Crippen molar-refractivity contribution in [2.75, 3.05) is 6.61 Å². The summed E-state index contributed by atoms with van der Waals surface area (Å²) in [4.78, 5) is 25.7. The second-order valence-electron chi connectivity index (χ2n) is 7.33. The second kappa shape index (κ2) is 11.5. The van der Waals surface area contributed by atoms with Gasteiger partial charge >= 0.3 is 5.69 Å². The molecule has 0 radical (unpaired) electrons. The summed E-state index contributed by atoms with van der Waals surface area (Å²) in [6.45, 7) is 3.26. The van der Waals surface area contributed by atoms with Gasteiger partial charge in [0.15, 0.2) is 5.75 Å². The number of nitro groups is 1. The summed E-state index contributed by atoms with van der Waals surface area (Å²) in [7, 11) is 0. The zero-order valence-electron chi connectivity index (χ0n) is 18.0. The Hall–Kier alpha value is -3.93. The molecule has 0 bridgehead atoms. The third kappa shape index (κ3) is 6.54. The first-order valence-corrected chi connectivity index (χ1v) is 10.5. The van der Waals surface area contributed by atoms with E-state index in [1.807, 2.05) is 67.6 Å². The molecule has 3 aromatic rings. The van der Waals surface area contributed by atoms with Gasteiger partial charge in [-0.1, -0.05) is 73.7 Å². The molecule has 0 aliphatic heterocycles. The summed E-state index contributed by atoms with van der Waals surface area (Å²) in [6, 6.07) is 24.3. The third-order valence-electron chi connectivity index (χ3n) is 4.80. The number of ether oxygens (including phenoxy) is 1. The Labute approximate surface area is 187 Å². The molecule has 0 heterocycles. The Balaban J connectivity index is 1.80. The topological polar surface area (TPSA) is 72.7 Å². The van der Waals surface area contributed by atoms with Crippen LogP contribution in [0.5, 0.6) is 5.75 Å². The van der Waals surface area contributed by atoms with Gasteiger partial charge in [0.25, 0.3) is 0 Å². The minimum atomic E-state index is -0.471. The Morgan fingerprint density at radius 2 is 1.56 bits per heavy atom. The normalized spacial score (nSPS) is 10.8. The van der Waals surface area contributed by atoms with E-state index in [0.717, 1.165) is 17.5 Å². The van der Waals surface area contributed by atoms with Crippen LogP contribution in [0.2, 0.25) is 0 Å². The van der Waals surface area contributed by atoms with Crippen LogP contribution in [0.15, 0.2) is 84.9 Å². The number of rotatable bonds is 10. The predicted molar refractivity (Wildman–Crippen MR) is 125 cm³/mol. The zero-order valence-corrected chi connectivity index (χ0v) is 18.0. The van der Waals surface area contributed by atoms with E-state index in [1.165, 1.54) is 12.1 Å². The van der Waals surface area contributed by atoms with E-state index < -0.39 is 4.92 Å². The molecule has 0 spiro atoms. The van der Waals surface area contributed by atoms with E-state index in [1.54, 1.807) is 23.1 Å². The van der Waals surface area contributed by atoms with Crippen LogP contribution < -0.4 is 4.74 Å². The van der Waals surface area contributed by atoms with Crippen LogP contribution in [0.3, 0.4) is 0 Å². The van der Waals surface area contributed by atoms with Crippen LogP contribution in [0.4, 0.5) is 5.69 Å². The van der Waals surface area contributed by atoms with Gasteiger partial charge in [0.2, 0.25) is 5.91 Å². The average Bonchev–Trinajstić information content (AvgIpc) is 2.82. The van der Waals surface area contributed by atoms with Gasteiger partial charge in [-0.15, -0.1) is 0 Å². The highest BCUT2D eigenvalue weighted by Crippen LogP contribution is 2.28. The van der Waals surface area contributed by atoms with Crippen molar-refractivity contribution in [3.05, 3.63) is 112 Å². The maximum atomic E-state index is 13.0. The summed E-state index contributed by atoms with van der Waals surface area (Å²) in [5.41, 5.74) is 2.50. The Kier molecular flexibility index (Phi) is 8.15. The van der Waals surface area contributed by atoms with Crippen LogP contribution in [0, 0.1) is 10.1 Å². The molecule has 0 saturated heterocycles. The molecule has 6 nitrogen and oxygen atoms in total. The van der Waals surface area contributed by atoms with E-state index in [4.69, 9.17) is 4.74 Å². The number of carbonyl (C=O) groups is 1. The van der Waals surface area contributed by atoms with Gasteiger partial charge in [0.05, 0.1) is 11.5 Å². The first-order chi connectivity index (χ1) is 15.6. The minimum Gasteiger partial charge on any atom is -0.487 e. The molecule has 0 aromatic heterocycles. The molecular weight excluding hydrogens is 404 g/mol. The van der Waals surface area contributed by atoms with E-state index in [-0.39, 0.29) is 17.3 Å². The molecule has 0 aliphatic rings. The van der Waals surface area contributed by atoms with Gasteiger partial charge in [0, 0.05) is 25.2 Å². The number of carbonyl (C=O) groups excluding carboxylic acids is 1. The van der Waals surface area contributed by atoms with E-state index in [9.17, 15) is 14.9 Å². The smallest absolute Gasteiger partial charge is 0.311 e. The number of nitrogens with zero attached hydrogens (tertiary/aromatic N) is 2. The lowest BCUT2D eigenvalue weighted by Crippen LogP contribution is -2.28. The van der Waals surface area contributed by atoms with Crippen molar-refractivity contribution in [2.45, 2.75) is 26.4 Å². The van der Waals surface area contributed by atoms with E-state index in [0.29, 0.717) is 25.3 Å². The van der Waals surface area contributed by atoms with E-state index in [2.05, 4.69) is 0 Å². The third-order valence-corrected chi connectivity index (χ3v) is 4.80. The highest BCUT2D eigenvalue weighted by Gasteiger charge is 2.16. The fraction of sp³-hybridized carbons (Fsp3) is 0.192. The lowest BCUT2D eigenvalue weighted by Gasteiger charge is -2.21. The Morgan fingerprint density at radius 1 is 0.969 bits per heavy atom. The Morgan fingerprint density at radius 3 is 2.09 bits per heavy atom. The van der Waals surface area contributed by atoms with Crippen LogP contribution in [0.1, 0.15) is 30.0 Å². The fourth-order valence-electron chi connectivity index (χ4n) is 3.21. The molecule has 0 atom stereocenters. The molecule has 32 heavy (non-hydrogen) atoms. The zero-order chi connectivity index (χ0) is 22.8. The van der Waals surface area contributed by atoms with Crippen LogP contribution in [0.25, 0.3) is 6.08 Å². The van der Waals surface area contributed by atoms with Crippen LogP contribution >= 0.6 is 0 Å². The lowest BCUT2D eigenvalue weighted by molar-refractivity contribution is -0.385. The van der Waals surface area contributed by atoms with Crippen molar-refractivity contribution in [1.29, 1.82) is 0 Å². The quantitative estimate of drug-likeness (QED) is 0.238. The monoisotopic (exact) mass is 430 g/mol.